The van der Waals surface area contributed by atoms with Crippen LogP contribution in [0.15, 0.2) is 29.2 Å². The fraction of sp³-hybridized carbons (Fsp3) is 0.300. The van der Waals surface area contributed by atoms with Crippen molar-refractivity contribution in [3.05, 3.63) is 29.8 Å². The molecule has 0 saturated carbocycles. The lowest BCUT2D eigenvalue weighted by Gasteiger charge is -1.99. The number of carboxylic acid groups (broad SMARTS) is 1. The van der Waals surface area contributed by atoms with Gasteiger partial charge in [0.1, 0.15) is 0 Å². The fourth-order valence-electron chi connectivity index (χ4n) is 1.16. The average Bonchev–Trinajstić information content (AvgIpc) is 2.03. The molecule has 2 nitrogen and oxygen atoms in total. The Hall–Kier alpha value is -0.960. The molecule has 13 heavy (non-hydrogen) atoms. The topological polar surface area (TPSA) is 37.3 Å². The van der Waals surface area contributed by atoms with Gasteiger partial charge >= 0.3 is 5.97 Å². The summed E-state index contributed by atoms with van der Waals surface area (Å²) >= 11 is 4.20. The Balaban J connectivity index is 2.41. The first-order chi connectivity index (χ1) is 6.18. The van der Waals surface area contributed by atoms with Crippen LogP contribution in [0.25, 0.3) is 0 Å². The zero-order valence-electron chi connectivity index (χ0n) is 7.23. The predicted molar refractivity (Wildman–Crippen MR) is 54.3 cm³/mol. The Bertz CT molecular complexity index is 297. The highest BCUT2D eigenvalue weighted by Gasteiger charge is 1.98. The third-order valence-electron chi connectivity index (χ3n) is 1.77. The molecule has 0 aliphatic rings. The van der Waals surface area contributed by atoms with Crippen LogP contribution in [-0.4, -0.2) is 11.1 Å². The van der Waals surface area contributed by atoms with Gasteiger partial charge in [0.15, 0.2) is 0 Å². The summed E-state index contributed by atoms with van der Waals surface area (Å²) in [5, 5.41) is 8.43. The minimum atomic E-state index is -0.734. The molecule has 1 aromatic rings. The van der Waals surface area contributed by atoms with E-state index in [0.717, 1.165) is 16.9 Å². The molecule has 0 unspecified atom stereocenters. The number of carbonyl (C=O) groups is 1. The molecule has 70 valence electrons. The molecule has 0 aliphatic carbocycles. The van der Waals surface area contributed by atoms with Crippen LogP contribution in [0.5, 0.6) is 0 Å². The minimum Gasteiger partial charge on any atom is -0.481 e. The van der Waals surface area contributed by atoms with Crippen LogP contribution in [0.4, 0.5) is 0 Å². The Morgan fingerprint density at radius 3 is 2.85 bits per heavy atom. The van der Waals surface area contributed by atoms with Gasteiger partial charge in [0.25, 0.3) is 0 Å². The van der Waals surface area contributed by atoms with Crippen molar-refractivity contribution in [3.8, 4) is 0 Å². The Morgan fingerprint density at radius 2 is 2.23 bits per heavy atom. The second kappa shape index (κ2) is 4.92. The SMILES string of the molecule is O=C(O)CCCc1cccc(S)c1. The zero-order valence-corrected chi connectivity index (χ0v) is 8.13. The van der Waals surface area contributed by atoms with Gasteiger partial charge in [0.2, 0.25) is 0 Å². The van der Waals surface area contributed by atoms with Crippen LogP contribution < -0.4 is 0 Å². The van der Waals surface area contributed by atoms with Gasteiger partial charge < -0.3 is 5.11 Å². The van der Waals surface area contributed by atoms with Gasteiger partial charge in [-0.1, -0.05) is 12.1 Å². The summed E-state index contributed by atoms with van der Waals surface area (Å²) in [5.74, 6) is -0.734. The van der Waals surface area contributed by atoms with Crippen molar-refractivity contribution in [2.24, 2.45) is 0 Å². The molecule has 0 spiro atoms. The van der Waals surface area contributed by atoms with Crippen LogP contribution >= 0.6 is 12.6 Å². The molecule has 0 aliphatic heterocycles. The van der Waals surface area contributed by atoms with E-state index >= 15 is 0 Å². The Kier molecular flexibility index (Phi) is 3.83. The predicted octanol–water partition coefficient (Wildman–Crippen LogP) is 2.38. The molecule has 1 rings (SSSR count). The van der Waals surface area contributed by atoms with E-state index in [1.165, 1.54) is 0 Å². The highest BCUT2D eigenvalue weighted by molar-refractivity contribution is 7.80. The van der Waals surface area contributed by atoms with E-state index in [2.05, 4.69) is 12.6 Å². The lowest BCUT2D eigenvalue weighted by Crippen LogP contribution is -1.95. The van der Waals surface area contributed by atoms with E-state index in [9.17, 15) is 4.79 Å². The molecule has 0 fully saturated rings. The van der Waals surface area contributed by atoms with Gasteiger partial charge in [-0.15, -0.1) is 12.6 Å². The molecular weight excluding hydrogens is 184 g/mol. The summed E-state index contributed by atoms with van der Waals surface area (Å²) in [7, 11) is 0. The molecule has 0 radical (unpaired) electrons. The number of aliphatic carboxylic acids is 1. The van der Waals surface area contributed by atoms with E-state index in [-0.39, 0.29) is 6.42 Å². The van der Waals surface area contributed by atoms with Crippen LogP contribution in [0.2, 0.25) is 0 Å². The molecule has 0 atom stereocenters. The maximum atomic E-state index is 10.2. The third-order valence-corrected chi connectivity index (χ3v) is 2.04. The smallest absolute Gasteiger partial charge is 0.303 e. The summed E-state index contributed by atoms with van der Waals surface area (Å²) in [6.07, 6.45) is 1.73. The van der Waals surface area contributed by atoms with Gasteiger partial charge in [0.05, 0.1) is 0 Å². The second-order valence-electron chi connectivity index (χ2n) is 2.92. The molecule has 0 saturated heterocycles. The zero-order chi connectivity index (χ0) is 9.68. The van der Waals surface area contributed by atoms with Gasteiger partial charge in [0, 0.05) is 11.3 Å². The van der Waals surface area contributed by atoms with Crippen molar-refractivity contribution in [2.75, 3.05) is 0 Å². The number of carboxylic acids is 1. The number of aryl methyl sites for hydroxylation is 1. The number of rotatable bonds is 4. The highest BCUT2D eigenvalue weighted by Crippen LogP contribution is 2.11. The van der Waals surface area contributed by atoms with Crippen molar-refractivity contribution in [3.63, 3.8) is 0 Å². The summed E-state index contributed by atoms with van der Waals surface area (Å²) in [5.41, 5.74) is 1.15. The normalized spacial score (nSPS) is 9.92. The van der Waals surface area contributed by atoms with Gasteiger partial charge in [-0.3, -0.25) is 4.79 Å². The van der Waals surface area contributed by atoms with Crippen LogP contribution in [0.3, 0.4) is 0 Å². The number of hydrogen-bond donors (Lipinski definition) is 2. The average molecular weight is 196 g/mol. The Labute approximate surface area is 83.0 Å². The van der Waals surface area contributed by atoms with Gasteiger partial charge in [-0.2, -0.15) is 0 Å². The number of benzene rings is 1. The Morgan fingerprint density at radius 1 is 1.46 bits per heavy atom. The van der Waals surface area contributed by atoms with E-state index in [1.54, 1.807) is 0 Å². The second-order valence-corrected chi connectivity index (χ2v) is 3.43. The van der Waals surface area contributed by atoms with Crippen LogP contribution in [0.1, 0.15) is 18.4 Å². The first-order valence-corrected chi connectivity index (χ1v) is 4.63. The van der Waals surface area contributed by atoms with E-state index < -0.39 is 5.97 Å². The minimum absolute atomic E-state index is 0.233. The van der Waals surface area contributed by atoms with Crippen LogP contribution in [0, 0.1) is 0 Å². The lowest BCUT2D eigenvalue weighted by molar-refractivity contribution is -0.137. The molecular formula is C10H12O2S. The lowest BCUT2D eigenvalue weighted by atomic mass is 10.1. The van der Waals surface area contributed by atoms with E-state index in [0.29, 0.717) is 6.42 Å². The quantitative estimate of drug-likeness (QED) is 0.725. The standard InChI is InChI=1S/C10H12O2S/c11-10(12)6-2-4-8-3-1-5-9(13)7-8/h1,3,5,7,13H,2,4,6H2,(H,11,12). The summed E-state index contributed by atoms with van der Waals surface area (Å²) in [6.45, 7) is 0. The largest absolute Gasteiger partial charge is 0.481 e. The summed E-state index contributed by atoms with van der Waals surface area (Å²) in [4.78, 5) is 11.2. The van der Waals surface area contributed by atoms with Crippen molar-refractivity contribution in [2.45, 2.75) is 24.2 Å². The highest BCUT2D eigenvalue weighted by atomic mass is 32.1. The molecule has 1 N–H and O–H groups in total. The maximum absolute atomic E-state index is 10.2. The molecule has 0 bridgehead atoms. The number of thiol groups is 1. The molecule has 0 aromatic heterocycles. The monoisotopic (exact) mass is 196 g/mol. The van der Waals surface area contributed by atoms with Crippen molar-refractivity contribution in [1.82, 2.24) is 0 Å². The molecule has 0 amide bonds. The van der Waals surface area contributed by atoms with Crippen LogP contribution in [-0.2, 0) is 11.2 Å². The first kappa shape index (κ1) is 10.1. The van der Waals surface area contributed by atoms with Gasteiger partial charge in [-0.05, 0) is 30.5 Å². The summed E-state index contributed by atoms with van der Waals surface area (Å²) in [6, 6.07) is 7.79. The third kappa shape index (κ3) is 3.99. The van der Waals surface area contributed by atoms with E-state index in [4.69, 9.17) is 5.11 Å². The van der Waals surface area contributed by atoms with Crippen molar-refractivity contribution >= 4 is 18.6 Å². The van der Waals surface area contributed by atoms with Crippen molar-refractivity contribution in [1.29, 1.82) is 0 Å². The molecule has 0 heterocycles. The van der Waals surface area contributed by atoms with E-state index in [1.807, 2.05) is 24.3 Å². The summed E-state index contributed by atoms with van der Waals surface area (Å²) < 4.78 is 0. The van der Waals surface area contributed by atoms with Crippen molar-refractivity contribution < 1.29 is 9.90 Å². The van der Waals surface area contributed by atoms with Gasteiger partial charge in [-0.25, -0.2) is 0 Å². The molecule has 3 heteroatoms. The first-order valence-electron chi connectivity index (χ1n) is 4.18. The number of hydrogen-bond acceptors (Lipinski definition) is 2. The fourth-order valence-corrected chi connectivity index (χ4v) is 1.41. The molecule has 1 aromatic carbocycles. The maximum Gasteiger partial charge on any atom is 0.303 e.